The molecule has 2 atom stereocenters. The molecule has 0 bridgehead atoms. The summed E-state index contributed by atoms with van der Waals surface area (Å²) in [5, 5.41) is 9.31. The lowest BCUT2D eigenvalue weighted by molar-refractivity contribution is 0.102. The molecule has 92 valence electrons. The molecule has 1 aromatic carbocycles. The van der Waals surface area contributed by atoms with E-state index in [4.69, 9.17) is 5.11 Å². The third-order valence-corrected chi connectivity index (χ3v) is 4.05. The van der Waals surface area contributed by atoms with Crippen molar-refractivity contribution in [2.75, 3.05) is 11.9 Å². The van der Waals surface area contributed by atoms with Gasteiger partial charge in [0.2, 0.25) is 0 Å². The molecule has 2 rings (SSSR count). The summed E-state index contributed by atoms with van der Waals surface area (Å²) < 4.78 is 0. The van der Waals surface area contributed by atoms with E-state index in [2.05, 4.69) is 22.9 Å². The topological polar surface area (TPSA) is 37.3 Å². The molecule has 1 fully saturated rings. The van der Waals surface area contributed by atoms with E-state index in [0.717, 1.165) is 18.4 Å². The Hall–Kier alpha value is -0.670. The van der Waals surface area contributed by atoms with Gasteiger partial charge in [0.1, 0.15) is 0 Å². The Morgan fingerprint density at radius 2 is 2.29 bits per heavy atom. The summed E-state index contributed by atoms with van der Waals surface area (Å²) >= 11 is 3.20. The monoisotopic (exact) mass is 296 g/mol. The molecule has 2 nitrogen and oxygen atoms in total. The van der Waals surface area contributed by atoms with Gasteiger partial charge in [0.05, 0.1) is 5.33 Å². The van der Waals surface area contributed by atoms with Crippen LogP contribution in [0.2, 0.25) is 0 Å². The molecule has 0 spiro atoms. The summed E-state index contributed by atoms with van der Waals surface area (Å²) in [6, 6.07) is 5.95. The summed E-state index contributed by atoms with van der Waals surface area (Å²) in [6.45, 7) is 2.35. The second kappa shape index (κ2) is 5.32. The van der Waals surface area contributed by atoms with Gasteiger partial charge in [-0.05, 0) is 48.8 Å². The first-order chi connectivity index (χ1) is 8.17. The maximum atomic E-state index is 11.6. The van der Waals surface area contributed by atoms with E-state index in [-0.39, 0.29) is 12.4 Å². The number of alkyl halides is 1. The number of halogens is 1. The van der Waals surface area contributed by atoms with Crippen molar-refractivity contribution < 1.29 is 9.90 Å². The number of benzene rings is 1. The van der Waals surface area contributed by atoms with E-state index in [1.165, 1.54) is 11.1 Å². The normalized spacial score (nSPS) is 22.5. The fourth-order valence-electron chi connectivity index (χ4n) is 2.40. The molecule has 0 saturated heterocycles. The van der Waals surface area contributed by atoms with Crippen LogP contribution in [-0.4, -0.2) is 22.8 Å². The molecule has 0 heterocycles. The molecule has 3 heteroatoms. The average molecular weight is 297 g/mol. The minimum Gasteiger partial charge on any atom is -0.396 e. The third-order valence-electron chi connectivity index (χ3n) is 3.54. The number of aliphatic hydroxyl groups is 1. The Kier molecular flexibility index (Phi) is 4.00. The smallest absolute Gasteiger partial charge is 0.173 e. The van der Waals surface area contributed by atoms with Crippen molar-refractivity contribution in [2.24, 2.45) is 5.92 Å². The van der Waals surface area contributed by atoms with Gasteiger partial charge in [-0.25, -0.2) is 0 Å². The molecule has 0 aromatic heterocycles. The summed E-state index contributed by atoms with van der Waals surface area (Å²) in [5.41, 5.74) is 3.33. The molecule has 2 unspecified atom stereocenters. The summed E-state index contributed by atoms with van der Waals surface area (Å²) in [7, 11) is 0. The van der Waals surface area contributed by atoms with Gasteiger partial charge in [-0.3, -0.25) is 4.79 Å². The van der Waals surface area contributed by atoms with Crippen LogP contribution in [0.5, 0.6) is 0 Å². The molecule has 1 aliphatic carbocycles. The lowest BCUT2D eigenvalue weighted by Gasteiger charge is -2.07. The van der Waals surface area contributed by atoms with Crippen molar-refractivity contribution in [1.29, 1.82) is 0 Å². The Labute approximate surface area is 110 Å². The van der Waals surface area contributed by atoms with Crippen molar-refractivity contribution in [2.45, 2.75) is 25.7 Å². The number of aryl methyl sites for hydroxylation is 1. The summed E-state index contributed by atoms with van der Waals surface area (Å²) in [4.78, 5) is 11.6. The average Bonchev–Trinajstić information content (AvgIpc) is 3.08. The molecule has 0 aliphatic heterocycles. The predicted molar refractivity (Wildman–Crippen MR) is 71.9 cm³/mol. The first-order valence-electron chi connectivity index (χ1n) is 5.98. The second-order valence-electron chi connectivity index (χ2n) is 4.74. The van der Waals surface area contributed by atoms with Crippen LogP contribution < -0.4 is 0 Å². The highest BCUT2D eigenvalue weighted by atomic mass is 79.9. The van der Waals surface area contributed by atoms with Gasteiger partial charge in [0.15, 0.2) is 5.78 Å². The van der Waals surface area contributed by atoms with Crippen molar-refractivity contribution in [3.63, 3.8) is 0 Å². The number of Topliss-reactive ketones (excluding diaryl/α,β-unsaturated/α-hetero) is 1. The highest BCUT2D eigenvalue weighted by Gasteiger charge is 2.38. The van der Waals surface area contributed by atoms with Gasteiger partial charge in [-0.15, -0.1) is 0 Å². The third kappa shape index (κ3) is 2.78. The Morgan fingerprint density at radius 3 is 2.94 bits per heavy atom. The number of rotatable bonds is 5. The van der Waals surface area contributed by atoms with Crippen molar-refractivity contribution in [1.82, 2.24) is 0 Å². The minimum atomic E-state index is 0.130. The van der Waals surface area contributed by atoms with Crippen LogP contribution in [-0.2, 0) is 0 Å². The molecule has 1 saturated carbocycles. The Bertz CT molecular complexity index is 428. The molecule has 1 N–H and O–H groups in total. The van der Waals surface area contributed by atoms with E-state index in [0.29, 0.717) is 17.2 Å². The van der Waals surface area contributed by atoms with Gasteiger partial charge in [-0.1, -0.05) is 28.1 Å². The van der Waals surface area contributed by atoms with E-state index < -0.39 is 0 Å². The molecule has 1 aliphatic rings. The minimum absolute atomic E-state index is 0.130. The van der Waals surface area contributed by atoms with Crippen LogP contribution in [0.15, 0.2) is 18.2 Å². The van der Waals surface area contributed by atoms with Crippen LogP contribution in [0.25, 0.3) is 0 Å². The van der Waals surface area contributed by atoms with E-state index >= 15 is 0 Å². The number of carbonyl (C=O) groups excluding carboxylic acids is 1. The highest BCUT2D eigenvalue weighted by molar-refractivity contribution is 9.09. The van der Waals surface area contributed by atoms with Crippen LogP contribution >= 0.6 is 15.9 Å². The van der Waals surface area contributed by atoms with Crippen molar-refractivity contribution >= 4 is 21.7 Å². The lowest BCUT2D eigenvalue weighted by atomic mass is 9.98. The number of carbonyl (C=O) groups is 1. The van der Waals surface area contributed by atoms with Crippen LogP contribution in [0.4, 0.5) is 0 Å². The van der Waals surface area contributed by atoms with Gasteiger partial charge >= 0.3 is 0 Å². The first kappa shape index (κ1) is 12.8. The number of aliphatic hydroxyl groups excluding tert-OH is 1. The Balaban J connectivity index is 2.19. The van der Waals surface area contributed by atoms with Gasteiger partial charge < -0.3 is 5.11 Å². The zero-order valence-electron chi connectivity index (χ0n) is 9.95. The Morgan fingerprint density at radius 1 is 1.53 bits per heavy atom. The summed E-state index contributed by atoms with van der Waals surface area (Å²) in [6.07, 6.45) is 2.02. The van der Waals surface area contributed by atoms with Crippen molar-refractivity contribution in [3.8, 4) is 0 Å². The fourth-order valence-corrected chi connectivity index (χ4v) is 2.73. The van der Waals surface area contributed by atoms with Crippen LogP contribution in [0, 0.1) is 12.8 Å². The maximum absolute atomic E-state index is 11.6. The van der Waals surface area contributed by atoms with E-state index in [1.807, 2.05) is 18.2 Å². The van der Waals surface area contributed by atoms with Gasteiger partial charge in [0, 0.05) is 12.2 Å². The molecule has 17 heavy (non-hydrogen) atoms. The maximum Gasteiger partial charge on any atom is 0.173 e. The van der Waals surface area contributed by atoms with Crippen LogP contribution in [0.1, 0.15) is 40.2 Å². The predicted octanol–water partition coefficient (Wildman–Crippen LogP) is 3.06. The lowest BCUT2D eigenvalue weighted by Crippen LogP contribution is -2.02. The van der Waals surface area contributed by atoms with Gasteiger partial charge in [-0.2, -0.15) is 0 Å². The van der Waals surface area contributed by atoms with Crippen LogP contribution in [0.3, 0.4) is 0 Å². The van der Waals surface area contributed by atoms with Gasteiger partial charge in [0.25, 0.3) is 0 Å². The standard InChI is InChI=1S/C14H17BrO2/c1-9-2-3-11(14(17)8-15)7-12(9)13-6-10(13)4-5-16/h2-3,7,10,13,16H,4-6,8H2,1H3. The molecular weight excluding hydrogens is 280 g/mol. The first-order valence-corrected chi connectivity index (χ1v) is 7.10. The highest BCUT2D eigenvalue weighted by Crippen LogP contribution is 2.50. The molecule has 0 amide bonds. The van der Waals surface area contributed by atoms with E-state index in [9.17, 15) is 4.79 Å². The number of ketones is 1. The zero-order chi connectivity index (χ0) is 12.4. The number of hydrogen-bond acceptors (Lipinski definition) is 2. The van der Waals surface area contributed by atoms with Crippen molar-refractivity contribution in [3.05, 3.63) is 34.9 Å². The molecule has 1 aromatic rings. The summed E-state index contributed by atoms with van der Waals surface area (Å²) in [5.74, 6) is 1.28. The zero-order valence-corrected chi connectivity index (χ0v) is 11.5. The largest absolute Gasteiger partial charge is 0.396 e. The molecule has 0 radical (unpaired) electrons. The second-order valence-corrected chi connectivity index (χ2v) is 5.30. The fraction of sp³-hybridized carbons (Fsp3) is 0.500. The quantitative estimate of drug-likeness (QED) is 0.670. The number of hydrogen-bond donors (Lipinski definition) is 1. The van der Waals surface area contributed by atoms with E-state index in [1.54, 1.807) is 0 Å². The SMILES string of the molecule is Cc1ccc(C(=O)CBr)cc1C1CC1CCO. The molecular formula is C14H17BrO2.